The van der Waals surface area contributed by atoms with Crippen molar-refractivity contribution >= 4 is 17.4 Å². The molecule has 2 fully saturated rings. The van der Waals surface area contributed by atoms with Crippen LogP contribution < -0.4 is 4.74 Å². The number of rotatable bonds is 5. The number of methoxy groups -OCH3 is 1. The first-order valence-corrected chi connectivity index (χ1v) is 11.2. The van der Waals surface area contributed by atoms with Crippen molar-refractivity contribution in [3.63, 3.8) is 0 Å². The van der Waals surface area contributed by atoms with E-state index in [4.69, 9.17) is 9.72 Å². The molecule has 1 amide bonds. The summed E-state index contributed by atoms with van der Waals surface area (Å²) in [5.41, 5.74) is 2.90. The Morgan fingerprint density at radius 1 is 1.09 bits per heavy atom. The molecule has 32 heavy (non-hydrogen) atoms. The molecule has 0 bridgehead atoms. The number of aromatic nitrogens is 2. The molecule has 2 aromatic heterocycles. The molecule has 1 aliphatic heterocycles. The molecular formula is C25H27N3O4. The smallest absolute Gasteiger partial charge is 0.307 e. The van der Waals surface area contributed by atoms with E-state index in [0.29, 0.717) is 25.9 Å². The fourth-order valence-corrected chi connectivity index (χ4v) is 5.05. The monoisotopic (exact) mass is 433 g/mol. The van der Waals surface area contributed by atoms with Gasteiger partial charge in [0.2, 0.25) is 5.91 Å². The number of carboxylic acid groups (broad SMARTS) is 1. The highest BCUT2D eigenvalue weighted by atomic mass is 16.5. The lowest BCUT2D eigenvalue weighted by atomic mass is 9.72. The summed E-state index contributed by atoms with van der Waals surface area (Å²) in [6.07, 6.45) is 5.12. The van der Waals surface area contributed by atoms with Crippen LogP contribution >= 0.6 is 0 Å². The number of benzene rings is 1. The Kier molecular flexibility index (Phi) is 5.33. The second kappa shape index (κ2) is 8.30. The maximum atomic E-state index is 13.1. The number of ether oxygens (including phenoxy) is 1. The highest BCUT2D eigenvalue weighted by molar-refractivity contribution is 5.86. The van der Waals surface area contributed by atoms with E-state index in [1.54, 1.807) is 7.11 Å². The number of piperidine rings is 1. The van der Waals surface area contributed by atoms with Crippen molar-refractivity contribution in [1.82, 2.24) is 14.3 Å². The third-order valence-electron chi connectivity index (χ3n) is 6.93. The van der Waals surface area contributed by atoms with Crippen LogP contribution in [0.1, 0.15) is 37.4 Å². The van der Waals surface area contributed by atoms with Crippen LogP contribution in [0, 0.1) is 11.8 Å². The number of carbonyl (C=O) groups is 2. The Morgan fingerprint density at radius 2 is 1.94 bits per heavy atom. The molecule has 5 rings (SSSR count). The lowest BCUT2D eigenvalue weighted by Gasteiger charge is -2.39. The molecular weight excluding hydrogens is 406 g/mol. The van der Waals surface area contributed by atoms with Gasteiger partial charge in [0.05, 0.1) is 30.2 Å². The van der Waals surface area contributed by atoms with E-state index in [-0.39, 0.29) is 17.7 Å². The van der Waals surface area contributed by atoms with E-state index >= 15 is 0 Å². The molecule has 0 radical (unpaired) electrons. The number of pyridine rings is 1. The molecule has 1 saturated carbocycles. The lowest BCUT2D eigenvalue weighted by molar-refractivity contribution is -0.157. The first-order chi connectivity index (χ1) is 15.6. The van der Waals surface area contributed by atoms with Crippen molar-refractivity contribution in [2.75, 3.05) is 20.2 Å². The summed E-state index contributed by atoms with van der Waals surface area (Å²) in [7, 11) is 1.65. The summed E-state index contributed by atoms with van der Waals surface area (Å²) >= 11 is 0. The van der Waals surface area contributed by atoms with Crippen LogP contribution in [-0.2, 0) is 9.59 Å². The van der Waals surface area contributed by atoms with Gasteiger partial charge in [0, 0.05) is 30.8 Å². The van der Waals surface area contributed by atoms with Crippen molar-refractivity contribution in [1.29, 1.82) is 0 Å². The van der Waals surface area contributed by atoms with Crippen LogP contribution in [0.5, 0.6) is 5.75 Å². The number of carboxylic acids is 1. The largest absolute Gasteiger partial charge is 0.497 e. The van der Waals surface area contributed by atoms with E-state index in [0.717, 1.165) is 41.2 Å². The van der Waals surface area contributed by atoms with Crippen LogP contribution in [0.2, 0.25) is 0 Å². The number of amides is 1. The van der Waals surface area contributed by atoms with Crippen molar-refractivity contribution in [3.05, 3.63) is 54.5 Å². The van der Waals surface area contributed by atoms with Crippen molar-refractivity contribution < 1.29 is 19.4 Å². The van der Waals surface area contributed by atoms with Crippen molar-refractivity contribution in [2.24, 2.45) is 11.8 Å². The predicted octanol–water partition coefficient (Wildman–Crippen LogP) is 3.83. The molecule has 7 heteroatoms. The van der Waals surface area contributed by atoms with Gasteiger partial charge in [-0.1, -0.05) is 18.2 Å². The highest BCUT2D eigenvalue weighted by Gasteiger charge is 2.44. The number of carbonyl (C=O) groups excluding carboxylic acids is 1. The number of likely N-dealkylation sites (tertiary alicyclic amines) is 1. The number of imidazole rings is 1. The molecule has 1 aliphatic carbocycles. The Morgan fingerprint density at radius 3 is 2.69 bits per heavy atom. The molecule has 7 nitrogen and oxygen atoms in total. The minimum Gasteiger partial charge on any atom is -0.497 e. The number of aliphatic carboxylic acids is 1. The van der Waals surface area contributed by atoms with E-state index in [1.165, 1.54) is 0 Å². The maximum Gasteiger partial charge on any atom is 0.307 e. The Balaban J connectivity index is 1.45. The number of hydrogen-bond acceptors (Lipinski definition) is 4. The number of nitrogens with zero attached hydrogens (tertiary/aromatic N) is 3. The van der Waals surface area contributed by atoms with Crippen LogP contribution in [0.3, 0.4) is 0 Å². The van der Waals surface area contributed by atoms with Crippen LogP contribution in [0.25, 0.3) is 16.8 Å². The maximum absolute atomic E-state index is 13.1. The normalized spacial score (nSPS) is 23.0. The summed E-state index contributed by atoms with van der Waals surface area (Å²) in [5, 5.41) is 9.35. The first kappa shape index (κ1) is 20.5. The van der Waals surface area contributed by atoms with Gasteiger partial charge in [0.15, 0.2) is 0 Å². The molecule has 1 saturated heterocycles. The summed E-state index contributed by atoms with van der Waals surface area (Å²) in [6, 6.07) is 13.9. The first-order valence-electron chi connectivity index (χ1n) is 11.2. The predicted molar refractivity (Wildman–Crippen MR) is 120 cm³/mol. The third kappa shape index (κ3) is 3.51. The van der Waals surface area contributed by atoms with E-state index in [1.807, 2.05) is 47.5 Å². The Hall–Kier alpha value is -3.35. The van der Waals surface area contributed by atoms with Gasteiger partial charge in [0.1, 0.15) is 11.6 Å². The standard InChI is InChI=1S/C25H27N3O4/c1-32-18-8-4-6-16(14-18)22-21-9-2-3-13-28(21)23(26-22)17-7-5-12-27(15-17)24(29)19-10-11-20(19)25(30)31/h2-4,6,8-9,13-14,17,19-20H,5,7,10-12,15H2,1H3,(H,30,31). The average Bonchev–Trinajstić information content (AvgIpc) is 3.18. The second-order valence-corrected chi connectivity index (χ2v) is 8.76. The van der Waals surface area contributed by atoms with Crippen molar-refractivity contribution in [2.45, 2.75) is 31.6 Å². The zero-order chi connectivity index (χ0) is 22.2. The molecule has 1 aromatic carbocycles. The zero-order valence-corrected chi connectivity index (χ0v) is 18.1. The Bertz CT molecular complexity index is 1170. The van der Waals surface area contributed by atoms with E-state index < -0.39 is 11.9 Å². The molecule has 2 aliphatic rings. The lowest BCUT2D eigenvalue weighted by Crippen LogP contribution is -2.49. The topological polar surface area (TPSA) is 84.1 Å². The average molecular weight is 434 g/mol. The molecule has 3 unspecified atom stereocenters. The third-order valence-corrected chi connectivity index (χ3v) is 6.93. The highest BCUT2D eigenvalue weighted by Crippen LogP contribution is 2.38. The van der Waals surface area contributed by atoms with Gasteiger partial charge in [-0.05, 0) is 49.9 Å². The van der Waals surface area contributed by atoms with Crippen LogP contribution in [0.15, 0.2) is 48.7 Å². The molecule has 0 spiro atoms. The summed E-state index contributed by atoms with van der Waals surface area (Å²) in [6.45, 7) is 1.26. The van der Waals surface area contributed by atoms with E-state index in [9.17, 15) is 14.7 Å². The van der Waals surface area contributed by atoms with Gasteiger partial charge in [-0.25, -0.2) is 4.98 Å². The van der Waals surface area contributed by atoms with Gasteiger partial charge < -0.3 is 19.1 Å². The minimum absolute atomic E-state index is 0.0118. The van der Waals surface area contributed by atoms with Crippen molar-refractivity contribution in [3.8, 4) is 17.0 Å². The van der Waals surface area contributed by atoms with Gasteiger partial charge in [-0.3, -0.25) is 9.59 Å². The minimum atomic E-state index is -0.856. The quantitative estimate of drug-likeness (QED) is 0.661. The Labute approximate surface area is 186 Å². The SMILES string of the molecule is COc1cccc(-c2nc(C3CCCN(C(=O)C4CCC4C(=O)O)C3)n3ccccc23)c1. The summed E-state index contributed by atoms with van der Waals surface area (Å²) in [5.74, 6) is 0.0478. The molecule has 3 aromatic rings. The fourth-order valence-electron chi connectivity index (χ4n) is 5.05. The van der Waals surface area contributed by atoms with Gasteiger partial charge in [-0.2, -0.15) is 0 Å². The van der Waals surface area contributed by atoms with Gasteiger partial charge in [0.25, 0.3) is 0 Å². The van der Waals surface area contributed by atoms with Crippen LogP contribution in [0.4, 0.5) is 0 Å². The fraction of sp³-hybridized carbons (Fsp3) is 0.400. The molecule has 3 heterocycles. The second-order valence-electron chi connectivity index (χ2n) is 8.76. The molecule has 1 N–H and O–H groups in total. The number of hydrogen-bond donors (Lipinski definition) is 1. The zero-order valence-electron chi connectivity index (χ0n) is 18.1. The van der Waals surface area contributed by atoms with Gasteiger partial charge >= 0.3 is 5.97 Å². The number of fused-ring (bicyclic) bond motifs is 1. The molecule has 166 valence electrons. The summed E-state index contributed by atoms with van der Waals surface area (Å²) in [4.78, 5) is 31.4. The van der Waals surface area contributed by atoms with E-state index in [2.05, 4.69) is 10.5 Å². The van der Waals surface area contributed by atoms with Gasteiger partial charge in [-0.15, -0.1) is 0 Å². The van der Waals surface area contributed by atoms with Crippen LogP contribution in [-0.4, -0.2) is 51.5 Å². The molecule has 3 atom stereocenters. The summed E-state index contributed by atoms with van der Waals surface area (Å²) < 4.78 is 7.52.